The number of nitrogens with zero attached hydrogens (tertiary/aromatic N) is 2. The first-order chi connectivity index (χ1) is 12.6. The maximum absolute atomic E-state index is 6.35. The van der Waals surface area contributed by atoms with E-state index in [9.17, 15) is 0 Å². The minimum Gasteiger partial charge on any atom is -0.360 e. The predicted molar refractivity (Wildman–Crippen MR) is 108 cm³/mol. The van der Waals surface area contributed by atoms with Gasteiger partial charge in [-0.3, -0.25) is 0 Å². The van der Waals surface area contributed by atoms with E-state index in [4.69, 9.17) is 44.3 Å². The van der Waals surface area contributed by atoms with Gasteiger partial charge in [0.05, 0.1) is 26.3 Å². The first-order valence-corrected chi connectivity index (χ1v) is 9.69. The van der Waals surface area contributed by atoms with Crippen molar-refractivity contribution in [3.8, 4) is 33.1 Å². The zero-order valence-corrected chi connectivity index (χ0v) is 16.5. The molecule has 0 unspecified atom stereocenters. The Hall–Kier alpha value is -1.85. The van der Waals surface area contributed by atoms with E-state index in [1.54, 1.807) is 18.2 Å². The van der Waals surface area contributed by atoms with E-state index in [-0.39, 0.29) is 0 Å². The molecule has 0 saturated carbocycles. The first kappa shape index (κ1) is 17.6. The quantitative estimate of drug-likeness (QED) is 0.346. The van der Waals surface area contributed by atoms with E-state index >= 15 is 0 Å². The summed E-state index contributed by atoms with van der Waals surface area (Å²) in [6.45, 7) is 1.84. The Bertz CT molecular complexity index is 1080. The fraction of sp³-hybridized carbons (Fsp3) is 0.0526. The Morgan fingerprint density at radius 2 is 1.58 bits per heavy atom. The van der Waals surface area contributed by atoms with Gasteiger partial charge in [0.15, 0.2) is 0 Å². The van der Waals surface area contributed by atoms with Crippen LogP contribution in [0.15, 0.2) is 52.4 Å². The van der Waals surface area contributed by atoms with Crippen molar-refractivity contribution in [1.29, 1.82) is 0 Å². The van der Waals surface area contributed by atoms with Crippen LogP contribution in [0.1, 0.15) is 5.76 Å². The van der Waals surface area contributed by atoms with Gasteiger partial charge < -0.3 is 4.52 Å². The lowest BCUT2D eigenvalue weighted by atomic mass is 10.0. The maximum atomic E-state index is 6.35. The summed E-state index contributed by atoms with van der Waals surface area (Å²) in [6.07, 6.45) is 0. The third-order valence-corrected chi connectivity index (χ3v) is 5.76. The van der Waals surface area contributed by atoms with Crippen molar-refractivity contribution in [2.75, 3.05) is 0 Å². The number of rotatable bonds is 3. The van der Waals surface area contributed by atoms with Gasteiger partial charge in [0.25, 0.3) is 0 Å². The number of thiazole rings is 1. The smallest absolute Gasteiger partial charge is 0.143 e. The molecule has 0 aliphatic carbocycles. The molecule has 2 heterocycles. The summed E-state index contributed by atoms with van der Waals surface area (Å²) in [5, 5.41) is 8.62. The lowest BCUT2D eigenvalue weighted by molar-refractivity contribution is 0.400. The predicted octanol–water partition coefficient (Wildman–Crippen LogP) is 7.40. The maximum Gasteiger partial charge on any atom is 0.143 e. The Morgan fingerprint density at radius 1 is 0.885 bits per heavy atom. The molecule has 0 N–H and O–H groups in total. The Labute approximate surface area is 169 Å². The highest BCUT2D eigenvalue weighted by molar-refractivity contribution is 7.13. The third kappa shape index (κ3) is 3.03. The van der Waals surface area contributed by atoms with E-state index in [1.165, 1.54) is 11.3 Å². The molecule has 2 aromatic heterocycles. The molecule has 0 spiro atoms. The molecule has 0 radical (unpaired) electrons. The van der Waals surface area contributed by atoms with Crippen molar-refractivity contribution in [2.45, 2.75) is 6.92 Å². The van der Waals surface area contributed by atoms with Crippen LogP contribution in [0.5, 0.6) is 0 Å². The zero-order valence-electron chi connectivity index (χ0n) is 13.5. The lowest BCUT2D eigenvalue weighted by Crippen LogP contribution is -1.87. The summed E-state index contributed by atoms with van der Waals surface area (Å²) in [5.74, 6) is 0.645. The number of halogens is 3. The van der Waals surface area contributed by atoms with Crippen LogP contribution in [0.3, 0.4) is 0 Å². The van der Waals surface area contributed by atoms with E-state index in [1.807, 2.05) is 36.6 Å². The molecular formula is C19H11Cl3N2OS. The van der Waals surface area contributed by atoms with E-state index in [2.05, 4.69) is 5.16 Å². The fourth-order valence-corrected chi connectivity index (χ4v) is 4.42. The van der Waals surface area contributed by atoms with Gasteiger partial charge in [0.1, 0.15) is 16.5 Å². The van der Waals surface area contributed by atoms with Crippen molar-refractivity contribution >= 4 is 46.1 Å². The van der Waals surface area contributed by atoms with Gasteiger partial charge in [-0.25, -0.2) is 4.98 Å². The molecule has 3 nitrogen and oxygen atoms in total. The lowest BCUT2D eigenvalue weighted by Gasteiger charge is -2.05. The molecule has 0 atom stereocenters. The Balaban J connectivity index is 1.86. The summed E-state index contributed by atoms with van der Waals surface area (Å²) in [5.41, 5.74) is 3.62. The summed E-state index contributed by atoms with van der Waals surface area (Å²) >= 11 is 20.5. The monoisotopic (exact) mass is 420 g/mol. The molecule has 130 valence electrons. The SMILES string of the molecule is Cc1onc(-c2c(Cl)cccc2Cl)c1-c1csc(-c2ccccc2Cl)n1. The Morgan fingerprint density at radius 3 is 2.31 bits per heavy atom. The van der Waals surface area contributed by atoms with Crippen molar-refractivity contribution in [3.63, 3.8) is 0 Å². The number of aromatic nitrogens is 2. The average molecular weight is 422 g/mol. The van der Waals surface area contributed by atoms with Gasteiger partial charge in [-0.05, 0) is 25.1 Å². The minimum absolute atomic E-state index is 0.508. The van der Waals surface area contributed by atoms with Crippen LogP contribution in [-0.2, 0) is 0 Å². The highest BCUT2D eigenvalue weighted by Crippen LogP contribution is 2.42. The van der Waals surface area contributed by atoms with Crippen LogP contribution in [0.25, 0.3) is 33.1 Å². The minimum atomic E-state index is 0.508. The molecule has 4 rings (SSSR count). The standard InChI is InChI=1S/C19H11Cl3N2OS/c1-10-16(18(24-25-10)17-13(21)7-4-8-14(17)22)15-9-26-19(23-15)11-5-2-3-6-12(11)20/h2-9H,1H3. The third-order valence-electron chi connectivity index (χ3n) is 3.93. The normalized spacial score (nSPS) is 11.1. The number of hydrogen-bond acceptors (Lipinski definition) is 4. The van der Waals surface area contributed by atoms with Crippen molar-refractivity contribution in [3.05, 3.63) is 68.7 Å². The number of aryl methyl sites for hydroxylation is 1. The Kier molecular flexibility index (Phi) is 4.76. The first-order valence-electron chi connectivity index (χ1n) is 7.67. The highest BCUT2D eigenvalue weighted by Gasteiger charge is 2.23. The van der Waals surface area contributed by atoms with E-state index in [0.717, 1.165) is 21.8 Å². The zero-order chi connectivity index (χ0) is 18.3. The van der Waals surface area contributed by atoms with E-state index in [0.29, 0.717) is 32.1 Å². The molecule has 4 aromatic rings. The molecule has 0 bridgehead atoms. The van der Waals surface area contributed by atoms with Gasteiger partial charge in [-0.15, -0.1) is 11.3 Å². The van der Waals surface area contributed by atoms with Crippen LogP contribution in [0.2, 0.25) is 15.1 Å². The van der Waals surface area contributed by atoms with Crippen LogP contribution in [0, 0.1) is 6.92 Å². The van der Waals surface area contributed by atoms with Crippen LogP contribution in [-0.4, -0.2) is 10.1 Å². The number of hydrogen-bond donors (Lipinski definition) is 0. The van der Waals surface area contributed by atoms with Crippen molar-refractivity contribution in [1.82, 2.24) is 10.1 Å². The van der Waals surface area contributed by atoms with Gasteiger partial charge in [-0.1, -0.05) is 64.2 Å². The second kappa shape index (κ2) is 7.05. The molecule has 0 aliphatic rings. The summed E-state index contributed by atoms with van der Waals surface area (Å²) < 4.78 is 5.42. The summed E-state index contributed by atoms with van der Waals surface area (Å²) in [7, 11) is 0. The highest BCUT2D eigenvalue weighted by atomic mass is 35.5. The van der Waals surface area contributed by atoms with Gasteiger partial charge in [0, 0.05) is 16.5 Å². The van der Waals surface area contributed by atoms with Crippen LogP contribution >= 0.6 is 46.1 Å². The molecule has 26 heavy (non-hydrogen) atoms. The van der Waals surface area contributed by atoms with Gasteiger partial charge >= 0.3 is 0 Å². The average Bonchev–Trinajstić information content (AvgIpc) is 3.22. The molecule has 0 fully saturated rings. The van der Waals surface area contributed by atoms with Crippen molar-refractivity contribution in [2.24, 2.45) is 0 Å². The largest absolute Gasteiger partial charge is 0.360 e. The molecular weight excluding hydrogens is 411 g/mol. The molecule has 0 amide bonds. The van der Waals surface area contributed by atoms with Crippen molar-refractivity contribution < 1.29 is 4.52 Å². The second-order valence-electron chi connectivity index (χ2n) is 5.58. The fourth-order valence-electron chi connectivity index (χ4n) is 2.72. The molecule has 0 saturated heterocycles. The van der Waals surface area contributed by atoms with E-state index < -0.39 is 0 Å². The second-order valence-corrected chi connectivity index (χ2v) is 7.66. The topological polar surface area (TPSA) is 38.9 Å². The van der Waals surface area contributed by atoms with Crippen LogP contribution < -0.4 is 0 Å². The van der Waals surface area contributed by atoms with Gasteiger partial charge in [-0.2, -0.15) is 0 Å². The summed E-state index contributed by atoms with van der Waals surface area (Å²) in [4.78, 5) is 4.74. The van der Waals surface area contributed by atoms with Gasteiger partial charge in [0.2, 0.25) is 0 Å². The molecule has 0 aliphatic heterocycles. The summed E-state index contributed by atoms with van der Waals surface area (Å²) in [6, 6.07) is 12.9. The number of benzene rings is 2. The van der Waals surface area contributed by atoms with Crippen LogP contribution in [0.4, 0.5) is 0 Å². The molecule has 2 aromatic carbocycles. The molecule has 7 heteroatoms.